The van der Waals surface area contributed by atoms with Crippen LogP contribution in [0.15, 0.2) is 35.7 Å². The van der Waals surface area contributed by atoms with Gasteiger partial charge < -0.3 is 9.72 Å². The number of benzene rings is 1. The molecule has 0 bridgehead atoms. The van der Waals surface area contributed by atoms with Crippen molar-refractivity contribution in [2.24, 2.45) is 0 Å². The van der Waals surface area contributed by atoms with E-state index in [-0.39, 0.29) is 0 Å². The number of carbonyl (C=O) groups excluding carboxylic acids is 1. The van der Waals surface area contributed by atoms with Crippen LogP contribution in [-0.4, -0.2) is 28.9 Å². The zero-order valence-corrected chi connectivity index (χ0v) is 10.7. The maximum absolute atomic E-state index is 11.1. The molecule has 0 unspecified atom stereocenters. The van der Waals surface area contributed by atoms with Crippen LogP contribution in [0, 0.1) is 0 Å². The predicted molar refractivity (Wildman–Crippen MR) is 73.0 cm³/mol. The predicted octanol–water partition coefficient (Wildman–Crippen LogP) is 3.02. The molecule has 1 aromatic heterocycles. The number of nitrogens with one attached hydrogen (secondary N) is 2. The van der Waals surface area contributed by atoms with Gasteiger partial charge in [0, 0.05) is 10.6 Å². The van der Waals surface area contributed by atoms with Gasteiger partial charge >= 0.3 is 6.09 Å². The minimum absolute atomic E-state index is 0.378. The van der Waals surface area contributed by atoms with Gasteiger partial charge in [0.05, 0.1) is 18.1 Å². The average molecular weight is 263 g/mol. The monoisotopic (exact) mass is 263 g/mol. The van der Waals surface area contributed by atoms with Crippen LogP contribution >= 0.6 is 11.8 Å². The van der Waals surface area contributed by atoms with Crippen LogP contribution in [0.3, 0.4) is 0 Å². The summed E-state index contributed by atoms with van der Waals surface area (Å²) < 4.78 is 4.50. The number of hydrogen-bond acceptors (Lipinski definition) is 4. The number of carbonyl (C=O) groups is 1. The molecule has 2 N–H and O–H groups in total. The van der Waals surface area contributed by atoms with Gasteiger partial charge in [-0.15, -0.1) is 18.3 Å². The first-order valence-electron chi connectivity index (χ1n) is 5.31. The van der Waals surface area contributed by atoms with Crippen molar-refractivity contribution in [2.75, 3.05) is 18.2 Å². The summed E-state index contributed by atoms with van der Waals surface area (Å²) in [5.74, 6) is 1.23. The lowest BCUT2D eigenvalue weighted by atomic mass is 10.3. The standard InChI is InChI=1S/C12H13N3O2S/c1-3-6-18-8-4-5-9-10(7-8)14-11(13-9)15-12(16)17-2/h3-5,7H,1,6H2,2H3,(H2,13,14,15,16). The highest BCUT2D eigenvalue weighted by molar-refractivity contribution is 7.99. The van der Waals surface area contributed by atoms with Crippen molar-refractivity contribution >= 4 is 34.8 Å². The molecule has 2 rings (SSSR count). The molecule has 0 saturated heterocycles. The van der Waals surface area contributed by atoms with Gasteiger partial charge in [0.2, 0.25) is 5.95 Å². The number of imidazole rings is 1. The number of thioether (sulfide) groups is 1. The van der Waals surface area contributed by atoms with E-state index in [4.69, 9.17) is 0 Å². The Balaban J connectivity index is 2.22. The van der Waals surface area contributed by atoms with Crippen molar-refractivity contribution in [2.45, 2.75) is 4.90 Å². The number of hydrogen-bond donors (Lipinski definition) is 2. The van der Waals surface area contributed by atoms with Crippen molar-refractivity contribution in [1.29, 1.82) is 0 Å². The first-order valence-corrected chi connectivity index (χ1v) is 6.30. The molecule has 0 spiro atoms. The van der Waals surface area contributed by atoms with E-state index in [0.29, 0.717) is 5.95 Å². The second-order valence-corrected chi connectivity index (χ2v) is 4.57. The topological polar surface area (TPSA) is 67.0 Å². The number of fused-ring (bicyclic) bond motifs is 1. The zero-order chi connectivity index (χ0) is 13.0. The van der Waals surface area contributed by atoms with Gasteiger partial charge in [-0.05, 0) is 18.2 Å². The fourth-order valence-corrected chi connectivity index (χ4v) is 2.12. The quantitative estimate of drug-likeness (QED) is 0.657. The van der Waals surface area contributed by atoms with E-state index in [2.05, 4.69) is 26.6 Å². The molecule has 0 fully saturated rings. The number of rotatable bonds is 4. The molecule has 0 radical (unpaired) electrons. The number of amides is 1. The molecule has 2 aromatic rings. The molecule has 0 aliphatic carbocycles. The molecule has 1 amide bonds. The molecular formula is C12H13N3O2S. The summed E-state index contributed by atoms with van der Waals surface area (Å²) in [6, 6.07) is 5.87. The van der Waals surface area contributed by atoms with Crippen molar-refractivity contribution in [3.8, 4) is 0 Å². The first kappa shape index (κ1) is 12.5. The van der Waals surface area contributed by atoms with E-state index in [9.17, 15) is 4.79 Å². The van der Waals surface area contributed by atoms with E-state index in [1.807, 2.05) is 24.3 Å². The summed E-state index contributed by atoms with van der Waals surface area (Å²) in [7, 11) is 1.31. The molecule has 18 heavy (non-hydrogen) atoms. The maximum Gasteiger partial charge on any atom is 0.413 e. The van der Waals surface area contributed by atoms with Crippen LogP contribution in [-0.2, 0) is 4.74 Å². The van der Waals surface area contributed by atoms with Crippen LogP contribution in [0.25, 0.3) is 11.0 Å². The number of H-pyrrole nitrogens is 1. The number of aromatic nitrogens is 2. The lowest BCUT2D eigenvalue weighted by Gasteiger charge is -1.97. The van der Waals surface area contributed by atoms with Gasteiger partial charge in [0.1, 0.15) is 0 Å². The molecular weight excluding hydrogens is 250 g/mol. The van der Waals surface area contributed by atoms with Gasteiger partial charge in [-0.3, -0.25) is 5.32 Å². The number of nitrogens with zero attached hydrogens (tertiary/aromatic N) is 1. The second kappa shape index (κ2) is 5.59. The Morgan fingerprint density at radius 1 is 1.67 bits per heavy atom. The minimum Gasteiger partial charge on any atom is -0.453 e. The van der Waals surface area contributed by atoms with E-state index in [0.717, 1.165) is 21.7 Å². The third kappa shape index (κ3) is 2.84. The van der Waals surface area contributed by atoms with E-state index >= 15 is 0 Å². The Kier molecular flexibility index (Phi) is 3.88. The first-order chi connectivity index (χ1) is 8.72. The third-order valence-corrected chi connectivity index (χ3v) is 3.22. The van der Waals surface area contributed by atoms with Gasteiger partial charge in [0.15, 0.2) is 0 Å². The van der Waals surface area contributed by atoms with Crippen LogP contribution in [0.5, 0.6) is 0 Å². The fourth-order valence-electron chi connectivity index (χ4n) is 1.44. The van der Waals surface area contributed by atoms with Gasteiger partial charge in [-0.25, -0.2) is 9.78 Å². The van der Waals surface area contributed by atoms with Gasteiger partial charge in [-0.1, -0.05) is 6.08 Å². The zero-order valence-electron chi connectivity index (χ0n) is 9.90. The lowest BCUT2D eigenvalue weighted by Crippen LogP contribution is -2.11. The smallest absolute Gasteiger partial charge is 0.413 e. The molecule has 0 atom stereocenters. The highest BCUT2D eigenvalue weighted by Gasteiger charge is 2.06. The minimum atomic E-state index is -0.546. The average Bonchev–Trinajstić information content (AvgIpc) is 2.77. The van der Waals surface area contributed by atoms with Crippen LogP contribution in [0.1, 0.15) is 0 Å². The molecule has 6 heteroatoms. The van der Waals surface area contributed by atoms with Gasteiger partial charge in [-0.2, -0.15) is 0 Å². The SMILES string of the molecule is C=CCSc1ccc2nc(NC(=O)OC)[nH]c2c1. The number of ether oxygens (including phenoxy) is 1. The Morgan fingerprint density at radius 2 is 2.50 bits per heavy atom. The van der Waals surface area contributed by atoms with E-state index < -0.39 is 6.09 Å². The Hall–Kier alpha value is -1.95. The lowest BCUT2D eigenvalue weighted by molar-refractivity contribution is 0.186. The molecule has 0 saturated carbocycles. The largest absolute Gasteiger partial charge is 0.453 e. The summed E-state index contributed by atoms with van der Waals surface area (Å²) in [4.78, 5) is 19.4. The highest BCUT2D eigenvalue weighted by atomic mass is 32.2. The number of aromatic amines is 1. The molecule has 5 nitrogen and oxygen atoms in total. The summed E-state index contributed by atoms with van der Waals surface area (Å²) in [6.07, 6.45) is 1.31. The summed E-state index contributed by atoms with van der Waals surface area (Å²) in [5, 5.41) is 2.49. The molecule has 0 aliphatic rings. The summed E-state index contributed by atoms with van der Waals surface area (Å²) in [6.45, 7) is 3.68. The van der Waals surface area contributed by atoms with E-state index in [1.54, 1.807) is 11.8 Å². The molecule has 1 heterocycles. The van der Waals surface area contributed by atoms with Gasteiger partial charge in [0.25, 0.3) is 0 Å². The highest BCUT2D eigenvalue weighted by Crippen LogP contribution is 2.23. The molecule has 1 aromatic carbocycles. The van der Waals surface area contributed by atoms with Crippen LogP contribution < -0.4 is 5.32 Å². The normalized spacial score (nSPS) is 10.3. The third-order valence-electron chi connectivity index (χ3n) is 2.23. The Labute approximate surface area is 109 Å². The molecule has 0 aliphatic heterocycles. The van der Waals surface area contributed by atoms with Crippen LogP contribution in [0.4, 0.5) is 10.7 Å². The fraction of sp³-hybridized carbons (Fsp3) is 0.167. The Bertz CT molecular complexity index is 580. The van der Waals surface area contributed by atoms with Crippen molar-refractivity contribution in [3.63, 3.8) is 0 Å². The number of anilines is 1. The van der Waals surface area contributed by atoms with Crippen molar-refractivity contribution in [3.05, 3.63) is 30.9 Å². The Morgan fingerprint density at radius 3 is 3.22 bits per heavy atom. The summed E-state index contributed by atoms with van der Waals surface area (Å²) >= 11 is 1.69. The maximum atomic E-state index is 11.1. The number of methoxy groups -OCH3 is 1. The molecule has 94 valence electrons. The van der Waals surface area contributed by atoms with E-state index in [1.165, 1.54) is 7.11 Å². The van der Waals surface area contributed by atoms with Crippen molar-refractivity contribution in [1.82, 2.24) is 9.97 Å². The van der Waals surface area contributed by atoms with Crippen molar-refractivity contribution < 1.29 is 9.53 Å². The van der Waals surface area contributed by atoms with Crippen LogP contribution in [0.2, 0.25) is 0 Å². The summed E-state index contributed by atoms with van der Waals surface area (Å²) in [5.41, 5.74) is 1.67. The second-order valence-electron chi connectivity index (χ2n) is 3.48.